The minimum Gasteiger partial charge on any atom is -0.478 e. The molecular formula is C23H32N2O2. The molecule has 0 aliphatic carbocycles. The molecule has 0 saturated carbocycles. The fraction of sp³-hybridized carbons (Fsp3) is 0.522. The first-order valence-corrected chi connectivity index (χ1v) is 10.3. The normalized spacial score (nSPS) is 10.9. The molecule has 0 radical (unpaired) electrons. The van der Waals surface area contributed by atoms with Crippen molar-refractivity contribution >= 4 is 5.97 Å². The molecule has 0 amide bonds. The molecule has 0 aliphatic rings. The van der Waals surface area contributed by atoms with Crippen LogP contribution in [0.2, 0.25) is 0 Å². The molecule has 4 nitrogen and oxygen atoms in total. The Hall–Kier alpha value is -2.23. The van der Waals surface area contributed by atoms with Gasteiger partial charge in [0, 0.05) is 11.8 Å². The number of benzene rings is 1. The number of carboxylic acid groups (broad SMARTS) is 1. The largest absolute Gasteiger partial charge is 0.478 e. The molecule has 146 valence electrons. The molecule has 1 aromatic heterocycles. The van der Waals surface area contributed by atoms with E-state index in [-0.39, 0.29) is 0 Å². The number of aryl methyl sites for hydroxylation is 2. The van der Waals surface area contributed by atoms with Crippen LogP contribution in [0.4, 0.5) is 0 Å². The van der Waals surface area contributed by atoms with Gasteiger partial charge >= 0.3 is 5.97 Å². The van der Waals surface area contributed by atoms with E-state index in [1.54, 1.807) is 12.3 Å². The maximum Gasteiger partial charge on any atom is 0.335 e. The molecular weight excluding hydrogens is 336 g/mol. The standard InChI is InChI=1S/C23H32N2O2/c1-3-5-7-8-9-10-11-18-15-19(13-14-21(18)23(26)27)22-17-24-20(16-25-22)12-6-4-2/h13-17H,3-12H2,1-2H3,(H,26,27). The summed E-state index contributed by atoms with van der Waals surface area (Å²) in [6.45, 7) is 4.38. The van der Waals surface area contributed by atoms with Gasteiger partial charge in [-0.1, -0.05) is 58.4 Å². The van der Waals surface area contributed by atoms with Crippen LogP contribution in [0.25, 0.3) is 11.3 Å². The highest BCUT2D eigenvalue weighted by Gasteiger charge is 2.12. The number of aromatic nitrogens is 2. The quantitative estimate of drug-likeness (QED) is 0.461. The molecule has 0 spiro atoms. The highest BCUT2D eigenvalue weighted by molar-refractivity contribution is 5.90. The molecule has 0 unspecified atom stereocenters. The molecule has 27 heavy (non-hydrogen) atoms. The van der Waals surface area contributed by atoms with E-state index >= 15 is 0 Å². The van der Waals surface area contributed by atoms with Gasteiger partial charge < -0.3 is 5.11 Å². The second kappa shape index (κ2) is 11.5. The van der Waals surface area contributed by atoms with Gasteiger partial charge in [0.25, 0.3) is 0 Å². The Kier molecular flexibility index (Phi) is 8.96. The van der Waals surface area contributed by atoms with Crippen LogP contribution in [0.15, 0.2) is 30.6 Å². The van der Waals surface area contributed by atoms with Crippen LogP contribution in [-0.2, 0) is 12.8 Å². The van der Waals surface area contributed by atoms with Crippen LogP contribution >= 0.6 is 0 Å². The lowest BCUT2D eigenvalue weighted by molar-refractivity contribution is 0.0695. The molecule has 0 saturated heterocycles. The third-order valence-corrected chi connectivity index (χ3v) is 4.92. The van der Waals surface area contributed by atoms with Gasteiger partial charge in [-0.2, -0.15) is 0 Å². The lowest BCUT2D eigenvalue weighted by atomic mass is 9.97. The van der Waals surface area contributed by atoms with Crippen molar-refractivity contribution in [2.75, 3.05) is 0 Å². The number of aromatic carboxylic acids is 1. The summed E-state index contributed by atoms with van der Waals surface area (Å²) < 4.78 is 0. The first-order chi connectivity index (χ1) is 13.2. The Labute approximate surface area is 163 Å². The number of unbranched alkanes of at least 4 members (excludes halogenated alkanes) is 6. The fourth-order valence-electron chi connectivity index (χ4n) is 3.26. The summed E-state index contributed by atoms with van der Waals surface area (Å²) >= 11 is 0. The summed E-state index contributed by atoms with van der Waals surface area (Å²) in [7, 11) is 0. The Bertz CT molecular complexity index is 711. The predicted octanol–water partition coefficient (Wildman–Crippen LogP) is 6.09. The third kappa shape index (κ3) is 6.78. The summed E-state index contributed by atoms with van der Waals surface area (Å²) in [6, 6.07) is 5.52. The third-order valence-electron chi connectivity index (χ3n) is 4.92. The van der Waals surface area contributed by atoms with Gasteiger partial charge in [-0.15, -0.1) is 0 Å². The second-order valence-corrected chi connectivity index (χ2v) is 7.19. The maximum atomic E-state index is 11.6. The van der Waals surface area contributed by atoms with Crippen LogP contribution in [0.1, 0.15) is 86.8 Å². The highest BCUT2D eigenvalue weighted by atomic mass is 16.4. The number of nitrogens with zero attached hydrogens (tertiary/aromatic N) is 2. The summed E-state index contributed by atoms with van der Waals surface area (Å²) in [5.74, 6) is -0.858. The average Bonchev–Trinajstić information content (AvgIpc) is 2.69. The van der Waals surface area contributed by atoms with Crippen LogP contribution in [0.5, 0.6) is 0 Å². The second-order valence-electron chi connectivity index (χ2n) is 7.19. The molecule has 0 bridgehead atoms. The van der Waals surface area contributed by atoms with E-state index in [1.165, 1.54) is 25.7 Å². The smallest absolute Gasteiger partial charge is 0.335 e. The van der Waals surface area contributed by atoms with E-state index in [0.717, 1.165) is 61.0 Å². The minimum absolute atomic E-state index is 0.403. The van der Waals surface area contributed by atoms with Gasteiger partial charge in [-0.05, 0) is 43.4 Å². The summed E-state index contributed by atoms with van der Waals surface area (Å²) in [4.78, 5) is 20.6. The predicted molar refractivity (Wildman–Crippen MR) is 110 cm³/mol. The van der Waals surface area contributed by atoms with E-state index < -0.39 is 5.97 Å². The molecule has 0 atom stereocenters. The van der Waals surface area contributed by atoms with Crippen LogP contribution in [-0.4, -0.2) is 21.0 Å². The fourth-order valence-corrected chi connectivity index (χ4v) is 3.26. The molecule has 1 heterocycles. The molecule has 0 fully saturated rings. The lowest BCUT2D eigenvalue weighted by Gasteiger charge is -2.10. The van der Waals surface area contributed by atoms with E-state index in [2.05, 4.69) is 23.8 Å². The SMILES string of the molecule is CCCCCCCCc1cc(-c2cnc(CCCC)cn2)ccc1C(=O)O. The Morgan fingerprint density at radius 1 is 0.889 bits per heavy atom. The monoisotopic (exact) mass is 368 g/mol. The van der Waals surface area contributed by atoms with Crippen molar-refractivity contribution in [1.29, 1.82) is 0 Å². The van der Waals surface area contributed by atoms with Gasteiger partial charge in [0.1, 0.15) is 0 Å². The van der Waals surface area contributed by atoms with Gasteiger partial charge in [-0.25, -0.2) is 4.79 Å². The van der Waals surface area contributed by atoms with Crippen LogP contribution in [0.3, 0.4) is 0 Å². The van der Waals surface area contributed by atoms with Crippen molar-refractivity contribution in [1.82, 2.24) is 9.97 Å². The zero-order chi connectivity index (χ0) is 19.5. The number of hydrogen-bond donors (Lipinski definition) is 1. The molecule has 4 heteroatoms. The zero-order valence-electron chi connectivity index (χ0n) is 16.7. The topological polar surface area (TPSA) is 63.1 Å². The lowest BCUT2D eigenvalue weighted by Crippen LogP contribution is -2.03. The van der Waals surface area contributed by atoms with E-state index in [9.17, 15) is 9.90 Å². The Balaban J connectivity index is 2.08. The molecule has 1 N–H and O–H groups in total. The molecule has 1 aromatic carbocycles. The summed E-state index contributed by atoms with van der Waals surface area (Å²) in [5.41, 5.74) is 4.05. The number of carbonyl (C=O) groups is 1. The van der Waals surface area contributed by atoms with E-state index in [4.69, 9.17) is 0 Å². The van der Waals surface area contributed by atoms with Crippen LogP contribution in [0, 0.1) is 0 Å². The van der Waals surface area contributed by atoms with Gasteiger partial charge in [0.2, 0.25) is 0 Å². The highest BCUT2D eigenvalue weighted by Crippen LogP contribution is 2.23. The van der Waals surface area contributed by atoms with Crippen molar-refractivity contribution in [2.24, 2.45) is 0 Å². The van der Waals surface area contributed by atoms with Gasteiger partial charge in [0.15, 0.2) is 0 Å². The number of hydrogen-bond acceptors (Lipinski definition) is 3. The maximum absolute atomic E-state index is 11.6. The Morgan fingerprint density at radius 2 is 1.63 bits per heavy atom. The molecule has 0 aliphatic heterocycles. The van der Waals surface area contributed by atoms with Crippen molar-refractivity contribution < 1.29 is 9.90 Å². The first kappa shape index (κ1) is 21.1. The van der Waals surface area contributed by atoms with Crippen molar-refractivity contribution in [2.45, 2.75) is 78.1 Å². The number of carboxylic acids is 1. The minimum atomic E-state index is -0.858. The first-order valence-electron chi connectivity index (χ1n) is 10.3. The van der Waals surface area contributed by atoms with Gasteiger partial charge in [-0.3, -0.25) is 9.97 Å². The molecule has 2 rings (SSSR count). The zero-order valence-corrected chi connectivity index (χ0v) is 16.7. The molecule has 2 aromatic rings. The van der Waals surface area contributed by atoms with Crippen molar-refractivity contribution in [3.8, 4) is 11.3 Å². The average molecular weight is 369 g/mol. The summed E-state index contributed by atoms with van der Waals surface area (Å²) in [6.07, 6.45) is 14.8. The van der Waals surface area contributed by atoms with E-state index in [1.807, 2.05) is 18.3 Å². The van der Waals surface area contributed by atoms with Crippen molar-refractivity contribution in [3.05, 3.63) is 47.4 Å². The van der Waals surface area contributed by atoms with Gasteiger partial charge in [0.05, 0.1) is 23.1 Å². The van der Waals surface area contributed by atoms with E-state index in [0.29, 0.717) is 5.56 Å². The van der Waals surface area contributed by atoms with Crippen molar-refractivity contribution in [3.63, 3.8) is 0 Å². The summed E-state index contributed by atoms with van der Waals surface area (Å²) in [5, 5.41) is 9.49. The van der Waals surface area contributed by atoms with Crippen LogP contribution < -0.4 is 0 Å². The Morgan fingerprint density at radius 3 is 2.30 bits per heavy atom. The number of rotatable bonds is 12.